The number of nitrogens with two attached hydrogens (primary N) is 1. The Labute approximate surface area is 119 Å². The molecule has 19 heavy (non-hydrogen) atoms. The summed E-state index contributed by atoms with van der Waals surface area (Å²) in [7, 11) is 0. The lowest BCUT2D eigenvalue weighted by Gasteiger charge is -2.10. The molecule has 0 saturated heterocycles. The second-order valence-electron chi connectivity index (χ2n) is 3.81. The third kappa shape index (κ3) is 3.38. The summed E-state index contributed by atoms with van der Waals surface area (Å²) in [5, 5.41) is 0. The van der Waals surface area contributed by atoms with Crippen LogP contribution in [-0.2, 0) is 0 Å². The molecule has 0 amide bonds. The van der Waals surface area contributed by atoms with Gasteiger partial charge in [-0.05, 0) is 47.1 Å². The van der Waals surface area contributed by atoms with Crippen molar-refractivity contribution < 1.29 is 13.9 Å². The number of rotatable bonds is 4. The third-order valence-electron chi connectivity index (χ3n) is 2.41. The van der Waals surface area contributed by atoms with Crippen molar-refractivity contribution in [1.29, 1.82) is 0 Å². The fourth-order valence-electron chi connectivity index (χ4n) is 1.54. The van der Waals surface area contributed by atoms with Crippen molar-refractivity contribution in [3.63, 3.8) is 0 Å². The fraction of sp³-hybridized carbons (Fsp3) is 0.143. The highest BCUT2D eigenvalue weighted by Crippen LogP contribution is 2.31. The van der Waals surface area contributed by atoms with Crippen LogP contribution < -0.4 is 15.2 Å². The standard InChI is InChI=1S/C14H13BrFNO2/c1-2-18-14-8-10(4-6-13(14)17)19-9-3-5-11(15)12(16)7-9/h3-8H,2,17H2,1H3. The van der Waals surface area contributed by atoms with Gasteiger partial charge in [-0.3, -0.25) is 0 Å². The summed E-state index contributed by atoms with van der Waals surface area (Å²) < 4.78 is 24.7. The molecule has 3 nitrogen and oxygen atoms in total. The summed E-state index contributed by atoms with van der Waals surface area (Å²) in [5.74, 6) is 1.13. The molecule has 100 valence electrons. The molecule has 2 N–H and O–H groups in total. The highest BCUT2D eigenvalue weighted by atomic mass is 79.9. The molecular formula is C14H13BrFNO2. The van der Waals surface area contributed by atoms with E-state index in [1.165, 1.54) is 6.07 Å². The largest absolute Gasteiger partial charge is 0.492 e. The average molecular weight is 326 g/mol. The molecule has 5 heteroatoms. The van der Waals surface area contributed by atoms with Gasteiger partial charge in [-0.1, -0.05) is 0 Å². The molecule has 2 aromatic rings. The summed E-state index contributed by atoms with van der Waals surface area (Å²) in [6.07, 6.45) is 0. The smallest absolute Gasteiger partial charge is 0.145 e. The quantitative estimate of drug-likeness (QED) is 0.849. The van der Waals surface area contributed by atoms with E-state index in [1.54, 1.807) is 30.3 Å². The van der Waals surface area contributed by atoms with E-state index < -0.39 is 0 Å². The number of hydrogen-bond donors (Lipinski definition) is 1. The van der Waals surface area contributed by atoms with E-state index in [0.717, 1.165) is 0 Å². The van der Waals surface area contributed by atoms with Gasteiger partial charge in [0, 0.05) is 12.1 Å². The molecule has 0 saturated carbocycles. The Kier molecular flexibility index (Phi) is 4.27. The predicted octanol–water partition coefficient (Wildman–Crippen LogP) is 4.36. The maximum Gasteiger partial charge on any atom is 0.145 e. The maximum atomic E-state index is 13.4. The van der Waals surface area contributed by atoms with Gasteiger partial charge in [0.2, 0.25) is 0 Å². The van der Waals surface area contributed by atoms with Gasteiger partial charge in [0.15, 0.2) is 0 Å². The summed E-state index contributed by atoms with van der Waals surface area (Å²) in [4.78, 5) is 0. The number of nitrogen functional groups attached to an aromatic ring is 1. The molecule has 2 rings (SSSR count). The fourth-order valence-corrected chi connectivity index (χ4v) is 1.78. The van der Waals surface area contributed by atoms with E-state index in [0.29, 0.717) is 34.0 Å². The van der Waals surface area contributed by atoms with Crippen molar-refractivity contribution in [2.24, 2.45) is 0 Å². The van der Waals surface area contributed by atoms with Crippen LogP contribution in [0.2, 0.25) is 0 Å². The lowest BCUT2D eigenvalue weighted by molar-refractivity contribution is 0.340. The highest BCUT2D eigenvalue weighted by molar-refractivity contribution is 9.10. The second kappa shape index (κ2) is 5.93. The molecule has 0 heterocycles. The van der Waals surface area contributed by atoms with Crippen LogP contribution >= 0.6 is 15.9 Å². The first-order valence-corrected chi connectivity index (χ1v) is 6.54. The van der Waals surface area contributed by atoms with Crippen LogP contribution in [0.1, 0.15) is 6.92 Å². The van der Waals surface area contributed by atoms with E-state index >= 15 is 0 Å². The number of benzene rings is 2. The zero-order chi connectivity index (χ0) is 13.8. The molecule has 2 aromatic carbocycles. The Bertz CT molecular complexity index is 590. The van der Waals surface area contributed by atoms with Crippen molar-refractivity contribution in [2.75, 3.05) is 12.3 Å². The molecule has 0 spiro atoms. The zero-order valence-corrected chi connectivity index (χ0v) is 11.9. The van der Waals surface area contributed by atoms with Crippen molar-refractivity contribution in [3.05, 3.63) is 46.7 Å². The highest BCUT2D eigenvalue weighted by Gasteiger charge is 2.06. The van der Waals surface area contributed by atoms with Crippen molar-refractivity contribution in [1.82, 2.24) is 0 Å². The van der Waals surface area contributed by atoms with Gasteiger partial charge >= 0.3 is 0 Å². The van der Waals surface area contributed by atoms with Crippen LogP contribution in [0.15, 0.2) is 40.9 Å². The third-order valence-corrected chi connectivity index (χ3v) is 3.05. The van der Waals surface area contributed by atoms with Crippen LogP contribution in [-0.4, -0.2) is 6.61 Å². The number of anilines is 1. The Morgan fingerprint density at radius 3 is 2.53 bits per heavy atom. The van der Waals surface area contributed by atoms with Gasteiger partial charge in [0.1, 0.15) is 23.1 Å². The lowest BCUT2D eigenvalue weighted by Crippen LogP contribution is -1.97. The van der Waals surface area contributed by atoms with E-state index in [2.05, 4.69) is 15.9 Å². The first-order chi connectivity index (χ1) is 9.10. The van der Waals surface area contributed by atoms with E-state index in [4.69, 9.17) is 15.2 Å². The van der Waals surface area contributed by atoms with Crippen molar-refractivity contribution >= 4 is 21.6 Å². The molecule has 0 aliphatic carbocycles. The first kappa shape index (κ1) is 13.7. The SMILES string of the molecule is CCOc1cc(Oc2ccc(Br)c(F)c2)ccc1N. The van der Waals surface area contributed by atoms with Crippen LogP contribution in [0.25, 0.3) is 0 Å². The first-order valence-electron chi connectivity index (χ1n) is 5.75. The van der Waals surface area contributed by atoms with Crippen LogP contribution in [0.4, 0.5) is 10.1 Å². The van der Waals surface area contributed by atoms with Crippen LogP contribution in [0.5, 0.6) is 17.2 Å². The summed E-state index contributed by atoms with van der Waals surface area (Å²) in [6, 6.07) is 9.64. The molecule has 0 atom stereocenters. The minimum absolute atomic E-state index is 0.377. The minimum atomic E-state index is -0.377. The van der Waals surface area contributed by atoms with Crippen molar-refractivity contribution in [2.45, 2.75) is 6.92 Å². The van der Waals surface area contributed by atoms with Gasteiger partial charge in [0.05, 0.1) is 16.8 Å². The molecule has 0 fully saturated rings. The summed E-state index contributed by atoms with van der Waals surface area (Å²) in [5.41, 5.74) is 6.30. The summed E-state index contributed by atoms with van der Waals surface area (Å²) in [6.45, 7) is 2.39. The molecule has 0 aliphatic heterocycles. The summed E-state index contributed by atoms with van der Waals surface area (Å²) >= 11 is 3.09. The van der Waals surface area contributed by atoms with Gasteiger partial charge in [-0.15, -0.1) is 0 Å². The molecule has 0 aromatic heterocycles. The van der Waals surface area contributed by atoms with Crippen LogP contribution in [0.3, 0.4) is 0 Å². The number of ether oxygens (including phenoxy) is 2. The maximum absolute atomic E-state index is 13.4. The molecule has 0 unspecified atom stereocenters. The Balaban J connectivity index is 2.22. The van der Waals surface area contributed by atoms with Gasteiger partial charge in [-0.2, -0.15) is 0 Å². The van der Waals surface area contributed by atoms with Crippen LogP contribution in [0, 0.1) is 5.82 Å². The lowest BCUT2D eigenvalue weighted by atomic mass is 10.2. The Hall–Kier alpha value is -1.75. The average Bonchev–Trinajstić information content (AvgIpc) is 2.38. The Morgan fingerprint density at radius 2 is 1.84 bits per heavy atom. The van der Waals surface area contributed by atoms with E-state index in [-0.39, 0.29) is 5.82 Å². The second-order valence-corrected chi connectivity index (χ2v) is 4.66. The zero-order valence-electron chi connectivity index (χ0n) is 10.3. The Morgan fingerprint density at radius 1 is 1.16 bits per heavy atom. The molecule has 0 radical (unpaired) electrons. The molecule has 0 bridgehead atoms. The predicted molar refractivity (Wildman–Crippen MR) is 76.2 cm³/mol. The van der Waals surface area contributed by atoms with Gasteiger partial charge in [0.25, 0.3) is 0 Å². The topological polar surface area (TPSA) is 44.5 Å². The normalized spacial score (nSPS) is 10.3. The monoisotopic (exact) mass is 325 g/mol. The molecular weight excluding hydrogens is 313 g/mol. The number of halogens is 2. The molecule has 0 aliphatic rings. The van der Waals surface area contributed by atoms with Crippen molar-refractivity contribution in [3.8, 4) is 17.2 Å². The van der Waals surface area contributed by atoms with Gasteiger partial charge < -0.3 is 15.2 Å². The minimum Gasteiger partial charge on any atom is -0.492 e. The van der Waals surface area contributed by atoms with Gasteiger partial charge in [-0.25, -0.2) is 4.39 Å². The van der Waals surface area contributed by atoms with E-state index in [1.807, 2.05) is 6.92 Å². The number of hydrogen-bond acceptors (Lipinski definition) is 3. The van der Waals surface area contributed by atoms with E-state index in [9.17, 15) is 4.39 Å².